The summed E-state index contributed by atoms with van der Waals surface area (Å²) in [6, 6.07) is 10.7. The quantitative estimate of drug-likeness (QED) is 0.894. The van der Waals surface area contributed by atoms with E-state index in [1.165, 1.54) is 5.56 Å². The molecule has 2 rings (SSSR count). The van der Waals surface area contributed by atoms with Crippen LogP contribution in [0, 0.1) is 5.92 Å². The van der Waals surface area contributed by atoms with E-state index in [-0.39, 0.29) is 17.9 Å². The fourth-order valence-corrected chi connectivity index (χ4v) is 2.84. The van der Waals surface area contributed by atoms with Crippen LogP contribution in [0.5, 0.6) is 0 Å². The molecule has 3 nitrogen and oxygen atoms in total. The minimum atomic E-state index is 0.174. The van der Waals surface area contributed by atoms with Gasteiger partial charge in [-0.15, -0.1) is 0 Å². The van der Waals surface area contributed by atoms with Gasteiger partial charge >= 0.3 is 0 Å². The molecular formula is C17H26N2O. The number of piperidine rings is 1. The van der Waals surface area contributed by atoms with E-state index in [2.05, 4.69) is 48.5 Å². The van der Waals surface area contributed by atoms with E-state index in [9.17, 15) is 4.79 Å². The predicted molar refractivity (Wildman–Crippen MR) is 82.6 cm³/mol. The third kappa shape index (κ3) is 4.64. The molecule has 0 unspecified atom stereocenters. The number of nitrogens with one attached hydrogen (secondary N) is 1. The van der Waals surface area contributed by atoms with Crippen LogP contribution in [0.2, 0.25) is 0 Å². The molecule has 1 aliphatic heterocycles. The van der Waals surface area contributed by atoms with Crippen LogP contribution in [-0.2, 0) is 11.2 Å². The van der Waals surface area contributed by atoms with Crippen LogP contribution in [0.3, 0.4) is 0 Å². The van der Waals surface area contributed by atoms with Gasteiger partial charge in [-0.25, -0.2) is 0 Å². The van der Waals surface area contributed by atoms with Crippen molar-refractivity contribution in [1.82, 2.24) is 10.2 Å². The molecule has 1 aromatic carbocycles. The van der Waals surface area contributed by atoms with Crippen molar-refractivity contribution < 1.29 is 4.79 Å². The Kier molecular flexibility index (Phi) is 5.60. The summed E-state index contributed by atoms with van der Waals surface area (Å²) in [4.78, 5) is 14.5. The number of likely N-dealkylation sites (tertiary alicyclic amines) is 1. The number of carbonyl (C=O) groups excluding carboxylic acids is 1. The number of aryl methyl sites for hydroxylation is 1. The highest BCUT2D eigenvalue weighted by Crippen LogP contribution is 2.15. The molecule has 1 aromatic rings. The average molecular weight is 274 g/mol. The highest BCUT2D eigenvalue weighted by atomic mass is 16.2. The molecule has 0 aromatic heterocycles. The largest absolute Gasteiger partial charge is 0.353 e. The van der Waals surface area contributed by atoms with Crippen molar-refractivity contribution in [2.45, 2.75) is 38.6 Å². The maximum atomic E-state index is 12.2. The zero-order valence-electron chi connectivity index (χ0n) is 12.6. The third-order valence-corrected chi connectivity index (χ3v) is 4.09. The van der Waals surface area contributed by atoms with Gasteiger partial charge in [0.2, 0.25) is 5.91 Å². The maximum Gasteiger partial charge on any atom is 0.224 e. The van der Waals surface area contributed by atoms with Gasteiger partial charge in [0.15, 0.2) is 0 Å². The second kappa shape index (κ2) is 7.44. The number of hydrogen-bond donors (Lipinski definition) is 1. The van der Waals surface area contributed by atoms with E-state index >= 15 is 0 Å². The van der Waals surface area contributed by atoms with Crippen LogP contribution in [0.4, 0.5) is 0 Å². The predicted octanol–water partition coefficient (Wildman–Crippen LogP) is 2.47. The standard InChI is InChI=1S/C17H26N2O/c1-14(10-11-15-7-4-3-5-8-15)18-17(20)16-9-6-12-19(2)13-16/h3-5,7-8,14,16H,6,9-13H2,1-2H3,(H,18,20)/t14-,16-/m0/s1. The summed E-state index contributed by atoms with van der Waals surface area (Å²) < 4.78 is 0. The molecule has 20 heavy (non-hydrogen) atoms. The smallest absolute Gasteiger partial charge is 0.224 e. The lowest BCUT2D eigenvalue weighted by molar-refractivity contribution is -0.127. The van der Waals surface area contributed by atoms with Crippen LogP contribution < -0.4 is 5.32 Å². The van der Waals surface area contributed by atoms with Crippen molar-refractivity contribution in [2.75, 3.05) is 20.1 Å². The van der Waals surface area contributed by atoms with Gasteiger partial charge in [0.25, 0.3) is 0 Å². The van der Waals surface area contributed by atoms with Crippen molar-refractivity contribution >= 4 is 5.91 Å². The first-order valence-electron chi connectivity index (χ1n) is 7.68. The Morgan fingerprint density at radius 1 is 1.40 bits per heavy atom. The second-order valence-electron chi connectivity index (χ2n) is 6.04. The normalized spacial score (nSPS) is 21.4. The zero-order valence-corrected chi connectivity index (χ0v) is 12.6. The Hall–Kier alpha value is -1.35. The van der Waals surface area contributed by atoms with E-state index in [4.69, 9.17) is 0 Å². The summed E-state index contributed by atoms with van der Waals surface area (Å²) in [5.41, 5.74) is 1.34. The first-order chi connectivity index (χ1) is 9.65. The minimum Gasteiger partial charge on any atom is -0.353 e. The fraction of sp³-hybridized carbons (Fsp3) is 0.588. The zero-order chi connectivity index (χ0) is 14.4. The Labute approximate surface area is 122 Å². The van der Waals surface area contributed by atoms with Crippen LogP contribution in [0.15, 0.2) is 30.3 Å². The lowest BCUT2D eigenvalue weighted by Gasteiger charge is -2.29. The third-order valence-electron chi connectivity index (χ3n) is 4.09. The molecule has 0 radical (unpaired) electrons. The van der Waals surface area contributed by atoms with E-state index in [1.54, 1.807) is 0 Å². The maximum absolute atomic E-state index is 12.2. The van der Waals surface area contributed by atoms with Gasteiger partial charge < -0.3 is 10.2 Å². The molecule has 2 atom stereocenters. The second-order valence-corrected chi connectivity index (χ2v) is 6.04. The highest BCUT2D eigenvalue weighted by molar-refractivity contribution is 5.79. The molecule has 0 saturated carbocycles. The van der Waals surface area contributed by atoms with Crippen molar-refractivity contribution in [1.29, 1.82) is 0 Å². The van der Waals surface area contributed by atoms with Crippen molar-refractivity contribution in [2.24, 2.45) is 5.92 Å². The number of carbonyl (C=O) groups is 1. The highest BCUT2D eigenvalue weighted by Gasteiger charge is 2.24. The molecule has 1 heterocycles. The van der Waals surface area contributed by atoms with Crippen LogP contribution in [0.1, 0.15) is 31.7 Å². The van der Waals surface area contributed by atoms with Gasteiger partial charge in [-0.3, -0.25) is 4.79 Å². The number of amides is 1. The molecule has 1 aliphatic rings. The monoisotopic (exact) mass is 274 g/mol. The topological polar surface area (TPSA) is 32.3 Å². The molecule has 1 amide bonds. The Morgan fingerprint density at radius 3 is 2.85 bits per heavy atom. The molecule has 0 aliphatic carbocycles. The van der Waals surface area contributed by atoms with Gasteiger partial charge in [0.1, 0.15) is 0 Å². The van der Waals surface area contributed by atoms with Crippen molar-refractivity contribution in [3.05, 3.63) is 35.9 Å². The van der Waals surface area contributed by atoms with Gasteiger partial charge in [0.05, 0.1) is 5.92 Å². The van der Waals surface area contributed by atoms with Crippen LogP contribution >= 0.6 is 0 Å². The number of nitrogens with zero attached hydrogens (tertiary/aromatic N) is 1. The molecular weight excluding hydrogens is 248 g/mol. The number of rotatable bonds is 5. The molecule has 3 heteroatoms. The first kappa shape index (κ1) is 15.0. The summed E-state index contributed by atoms with van der Waals surface area (Å²) in [5.74, 6) is 0.407. The van der Waals surface area contributed by atoms with Crippen LogP contribution in [-0.4, -0.2) is 37.0 Å². The van der Waals surface area contributed by atoms with Gasteiger partial charge in [-0.05, 0) is 51.8 Å². The van der Waals surface area contributed by atoms with Gasteiger partial charge in [0, 0.05) is 12.6 Å². The summed E-state index contributed by atoms with van der Waals surface area (Å²) in [5, 5.41) is 3.17. The fourth-order valence-electron chi connectivity index (χ4n) is 2.84. The number of hydrogen-bond acceptors (Lipinski definition) is 2. The Morgan fingerprint density at radius 2 is 2.15 bits per heavy atom. The minimum absolute atomic E-state index is 0.174. The molecule has 1 N–H and O–H groups in total. The van der Waals surface area contributed by atoms with Gasteiger partial charge in [-0.1, -0.05) is 30.3 Å². The lowest BCUT2D eigenvalue weighted by Crippen LogP contribution is -2.44. The van der Waals surface area contributed by atoms with Gasteiger partial charge in [-0.2, -0.15) is 0 Å². The van der Waals surface area contributed by atoms with Crippen molar-refractivity contribution in [3.8, 4) is 0 Å². The summed E-state index contributed by atoms with van der Waals surface area (Å²) in [6.07, 6.45) is 4.18. The summed E-state index contributed by atoms with van der Waals surface area (Å²) in [7, 11) is 2.10. The van der Waals surface area contributed by atoms with E-state index in [0.29, 0.717) is 0 Å². The average Bonchev–Trinajstić information content (AvgIpc) is 2.46. The summed E-state index contributed by atoms with van der Waals surface area (Å²) >= 11 is 0. The Bertz CT molecular complexity index is 418. The van der Waals surface area contributed by atoms with E-state index in [0.717, 1.165) is 38.8 Å². The molecule has 0 spiro atoms. The van der Waals surface area contributed by atoms with Crippen LogP contribution in [0.25, 0.3) is 0 Å². The summed E-state index contributed by atoms with van der Waals surface area (Å²) in [6.45, 7) is 4.12. The lowest BCUT2D eigenvalue weighted by atomic mass is 9.97. The van der Waals surface area contributed by atoms with Crippen molar-refractivity contribution in [3.63, 3.8) is 0 Å². The molecule has 110 valence electrons. The van der Waals surface area contributed by atoms with E-state index < -0.39 is 0 Å². The Balaban J connectivity index is 1.73. The van der Waals surface area contributed by atoms with E-state index in [1.807, 2.05) is 6.07 Å². The SMILES string of the molecule is C[C@@H](CCc1ccccc1)NC(=O)[C@H]1CCCN(C)C1. The first-order valence-corrected chi connectivity index (χ1v) is 7.68. The molecule has 0 bridgehead atoms. The number of benzene rings is 1. The molecule has 1 saturated heterocycles. The molecule has 1 fully saturated rings.